The number of nitrogen functional groups attached to an aromatic ring is 1. The molecule has 21 heavy (non-hydrogen) atoms. The Morgan fingerprint density at radius 3 is 3.10 bits per heavy atom. The van der Waals surface area contributed by atoms with Gasteiger partial charge in [-0.05, 0) is 25.4 Å². The number of rotatable bonds is 1. The highest BCUT2D eigenvalue weighted by molar-refractivity contribution is 6.03. The molecule has 6 nitrogen and oxygen atoms in total. The first-order chi connectivity index (χ1) is 12.3. The third-order valence-corrected chi connectivity index (χ3v) is 3.40. The summed E-state index contributed by atoms with van der Waals surface area (Å²) in [5.74, 6) is -2.44. The number of ketones is 2. The number of anilines is 1. The van der Waals surface area contributed by atoms with E-state index in [1.54, 1.807) is 0 Å². The molecule has 0 radical (unpaired) electrons. The Hall–Kier alpha value is -2.50. The predicted molar refractivity (Wildman–Crippen MR) is 78.1 cm³/mol. The molecule has 0 spiro atoms. The lowest BCUT2D eigenvalue weighted by Crippen LogP contribution is -2.36. The average Bonchev–Trinajstić information content (AvgIpc) is 2.53. The smallest absolute Gasteiger partial charge is 0.264 e. The van der Waals surface area contributed by atoms with Gasteiger partial charge >= 0.3 is 0 Å². The Morgan fingerprint density at radius 1 is 1.52 bits per heavy atom. The summed E-state index contributed by atoms with van der Waals surface area (Å²) in [4.78, 5) is 41.1. The lowest BCUT2D eigenvalue weighted by atomic mass is 9.92. The molecule has 1 heterocycles. The maximum atomic E-state index is 13.1. The van der Waals surface area contributed by atoms with E-state index in [0.29, 0.717) is 4.57 Å². The summed E-state index contributed by atoms with van der Waals surface area (Å²) in [5.41, 5.74) is 4.58. The van der Waals surface area contributed by atoms with Crippen molar-refractivity contribution in [1.82, 2.24) is 9.55 Å². The van der Waals surface area contributed by atoms with Gasteiger partial charge in [0.15, 0.2) is 5.78 Å². The molecule has 0 saturated heterocycles. The van der Waals surface area contributed by atoms with Crippen molar-refractivity contribution in [2.75, 3.05) is 5.73 Å². The summed E-state index contributed by atoms with van der Waals surface area (Å²) in [6, 6.07) is 0.833. The van der Waals surface area contributed by atoms with E-state index in [-0.39, 0.29) is 22.6 Å². The van der Waals surface area contributed by atoms with E-state index in [0.717, 1.165) is 0 Å². The number of hydrogen-bond acceptors (Lipinski definition) is 5. The summed E-state index contributed by atoms with van der Waals surface area (Å²) in [7, 11) is 0. The van der Waals surface area contributed by atoms with Crippen molar-refractivity contribution in [2.45, 2.75) is 32.1 Å². The molecule has 0 amide bonds. The largest absolute Gasteiger partial charge is 0.398 e. The highest BCUT2D eigenvalue weighted by atomic mass is 16.2. The fraction of sp³-hybridized carbons (Fsp3) is 0.333. The Kier molecular flexibility index (Phi) is 1.84. The standard InChI is InChI=1S/C15H15N3O3/c1-8-17-11-4-2-3-10(16)14(11)15(21)18(8)12-6-5-9(19)7-13(12)20/h2-4,12H,5-7,16H2,1H3/i1D3,4D,5D2. The number of aromatic nitrogens is 2. The number of nitrogens with two attached hydrogens (primary N) is 1. The van der Waals surface area contributed by atoms with Gasteiger partial charge < -0.3 is 5.73 Å². The zero-order valence-corrected chi connectivity index (χ0v) is 10.8. The third-order valence-electron chi connectivity index (χ3n) is 3.40. The number of nitrogens with zero attached hydrogens (tertiary/aromatic N) is 2. The van der Waals surface area contributed by atoms with Gasteiger partial charge in [0.1, 0.15) is 11.6 Å². The predicted octanol–water partition coefficient (Wildman–Crippen LogP) is 1.15. The van der Waals surface area contributed by atoms with Crippen LogP contribution >= 0.6 is 0 Å². The molecule has 2 aromatic rings. The molecular weight excluding hydrogens is 270 g/mol. The Morgan fingerprint density at radius 2 is 2.33 bits per heavy atom. The van der Waals surface area contributed by atoms with Crippen molar-refractivity contribution in [3.05, 3.63) is 34.4 Å². The Labute approximate surface area is 129 Å². The number of hydrogen-bond donors (Lipinski definition) is 1. The van der Waals surface area contributed by atoms with Crippen molar-refractivity contribution in [3.8, 4) is 0 Å². The van der Waals surface area contributed by atoms with Crippen molar-refractivity contribution < 1.29 is 17.8 Å². The SMILES string of the molecule is [2H]c1ccc(N)c2c(=O)n(C3CC([2H])([2H])C(=O)CC3=O)c(C([2H])([2H])[2H])nc12. The highest BCUT2D eigenvalue weighted by Crippen LogP contribution is 2.24. The lowest BCUT2D eigenvalue weighted by Gasteiger charge is -2.24. The van der Waals surface area contributed by atoms with E-state index >= 15 is 0 Å². The molecule has 1 atom stereocenters. The monoisotopic (exact) mass is 291 g/mol. The number of benzene rings is 1. The van der Waals surface area contributed by atoms with Crippen molar-refractivity contribution in [2.24, 2.45) is 0 Å². The van der Waals surface area contributed by atoms with E-state index in [1.807, 2.05) is 0 Å². The number of carbonyl (C=O) groups is 2. The molecule has 0 aliphatic heterocycles. The second kappa shape index (κ2) is 4.80. The van der Waals surface area contributed by atoms with Gasteiger partial charge in [-0.1, -0.05) is 6.07 Å². The number of Topliss-reactive ketones (excluding diaryl/α,β-unsaturated/α-hetero) is 2. The van der Waals surface area contributed by atoms with Crippen molar-refractivity contribution in [3.63, 3.8) is 0 Å². The minimum Gasteiger partial charge on any atom is -0.398 e. The van der Waals surface area contributed by atoms with Crippen LogP contribution in [-0.4, -0.2) is 21.1 Å². The zero-order valence-electron chi connectivity index (χ0n) is 16.8. The second-order valence-corrected chi connectivity index (χ2v) is 4.73. The molecule has 1 aromatic carbocycles. The second-order valence-electron chi connectivity index (χ2n) is 4.73. The van der Waals surface area contributed by atoms with Gasteiger partial charge in [-0.15, -0.1) is 0 Å². The zero-order chi connectivity index (χ0) is 20.3. The number of aryl methyl sites for hydroxylation is 1. The first kappa shape index (κ1) is 8.07. The van der Waals surface area contributed by atoms with E-state index in [1.165, 1.54) is 12.1 Å². The van der Waals surface area contributed by atoms with Crippen LogP contribution < -0.4 is 11.3 Å². The van der Waals surface area contributed by atoms with E-state index in [9.17, 15) is 14.4 Å². The van der Waals surface area contributed by atoms with Gasteiger partial charge in [0.25, 0.3) is 5.56 Å². The van der Waals surface area contributed by atoms with Crippen LogP contribution in [0, 0.1) is 6.85 Å². The topological polar surface area (TPSA) is 95.0 Å². The van der Waals surface area contributed by atoms with Crippen LogP contribution in [0.5, 0.6) is 0 Å². The van der Waals surface area contributed by atoms with Crippen LogP contribution in [0.15, 0.2) is 23.0 Å². The van der Waals surface area contributed by atoms with Crippen LogP contribution in [0.3, 0.4) is 0 Å². The Bertz CT molecular complexity index is 1040. The van der Waals surface area contributed by atoms with Crippen molar-refractivity contribution >= 4 is 28.2 Å². The Balaban J connectivity index is 2.40. The summed E-state index contributed by atoms with van der Waals surface area (Å²) in [6.45, 7) is -2.92. The van der Waals surface area contributed by atoms with Crippen LogP contribution in [0.4, 0.5) is 5.69 Å². The minimum absolute atomic E-state index is 0.0494. The minimum atomic E-state index is -2.92. The lowest BCUT2D eigenvalue weighted by molar-refractivity contribution is -0.132. The van der Waals surface area contributed by atoms with E-state index in [4.69, 9.17) is 14.0 Å². The van der Waals surface area contributed by atoms with E-state index in [2.05, 4.69) is 4.98 Å². The molecule has 2 N–H and O–H groups in total. The fourth-order valence-corrected chi connectivity index (χ4v) is 2.38. The molecule has 108 valence electrons. The first-order valence-electron chi connectivity index (χ1n) is 9.22. The molecule has 6 heteroatoms. The third kappa shape index (κ3) is 2.12. The van der Waals surface area contributed by atoms with Crippen LogP contribution in [0.2, 0.25) is 0 Å². The van der Waals surface area contributed by atoms with Gasteiger partial charge in [-0.3, -0.25) is 19.0 Å². The summed E-state index contributed by atoms with van der Waals surface area (Å²) < 4.78 is 47.1. The fourth-order valence-electron chi connectivity index (χ4n) is 2.38. The molecule has 1 saturated carbocycles. The molecule has 1 aliphatic carbocycles. The number of carbonyl (C=O) groups excluding carboxylic acids is 2. The van der Waals surface area contributed by atoms with Crippen LogP contribution in [-0.2, 0) is 9.59 Å². The number of fused-ring (bicyclic) bond motifs is 1. The summed E-state index contributed by atoms with van der Waals surface area (Å²) >= 11 is 0. The maximum Gasteiger partial charge on any atom is 0.264 e. The summed E-state index contributed by atoms with van der Waals surface area (Å²) in [5, 5.41) is -0.222. The van der Waals surface area contributed by atoms with Gasteiger partial charge in [-0.25, -0.2) is 4.98 Å². The van der Waals surface area contributed by atoms with E-state index < -0.39 is 55.1 Å². The van der Waals surface area contributed by atoms with Crippen LogP contribution in [0.25, 0.3) is 10.9 Å². The van der Waals surface area contributed by atoms with Gasteiger partial charge in [0, 0.05) is 18.9 Å². The quantitative estimate of drug-likeness (QED) is 0.628. The molecule has 1 unspecified atom stereocenters. The van der Waals surface area contributed by atoms with Gasteiger partial charge in [-0.2, -0.15) is 0 Å². The maximum absolute atomic E-state index is 13.1. The van der Waals surface area contributed by atoms with Crippen molar-refractivity contribution in [1.29, 1.82) is 0 Å². The average molecular weight is 291 g/mol. The molecule has 0 bridgehead atoms. The molecular formula is C15H15N3O3. The molecule has 1 fully saturated rings. The van der Waals surface area contributed by atoms with Gasteiger partial charge in [0.05, 0.1) is 24.7 Å². The van der Waals surface area contributed by atoms with Crippen LogP contribution in [0.1, 0.15) is 39.3 Å². The highest BCUT2D eigenvalue weighted by Gasteiger charge is 2.30. The van der Waals surface area contributed by atoms with Gasteiger partial charge in [0.2, 0.25) is 0 Å². The normalized spacial score (nSPS) is 26.4. The first-order valence-corrected chi connectivity index (χ1v) is 6.22. The molecule has 1 aliphatic rings. The summed E-state index contributed by atoms with van der Waals surface area (Å²) in [6.07, 6.45) is -3.82. The molecule has 1 aromatic heterocycles. The molecule has 3 rings (SSSR count).